The van der Waals surface area contributed by atoms with Crippen LogP contribution in [-0.2, 0) is 0 Å². The lowest BCUT2D eigenvalue weighted by Crippen LogP contribution is -2.26. The molecular weight excluding hydrogens is 1370 g/mol. The van der Waals surface area contributed by atoms with Gasteiger partial charge in [0, 0.05) is 46.9 Å². The molecule has 534 valence electrons. The summed E-state index contributed by atoms with van der Waals surface area (Å²) in [7, 11) is 0.157. The van der Waals surface area contributed by atoms with E-state index in [9.17, 15) is 0 Å². The molecule has 0 amide bonds. The summed E-state index contributed by atoms with van der Waals surface area (Å²) in [6.45, 7) is 21.7. The van der Waals surface area contributed by atoms with E-state index in [0.29, 0.717) is 45.0 Å². The summed E-state index contributed by atoms with van der Waals surface area (Å²) in [6.07, 6.45) is 0. The minimum Gasteiger partial charge on any atom is -0.497 e. The van der Waals surface area contributed by atoms with Crippen molar-refractivity contribution in [2.45, 2.75) is 69.2 Å². The summed E-state index contributed by atoms with van der Waals surface area (Å²) in [5.41, 5.74) is 34.0. The van der Waals surface area contributed by atoms with Gasteiger partial charge in [-0.25, -0.2) is 29.9 Å². The number of aromatic nitrogens is 6. The maximum Gasteiger partial charge on any atom is 0.120 e. The number of nitrogens with zero attached hydrogens (tertiary/aromatic N) is 6. The fourth-order valence-corrected chi connectivity index (χ4v) is 19.0. The zero-order chi connectivity index (χ0) is 75.9. The van der Waals surface area contributed by atoms with Crippen LogP contribution in [0.25, 0.3) is 167 Å². The molecule has 0 unspecified atom stereocenters. The number of fused-ring (bicyclic) bond motifs is 5. The van der Waals surface area contributed by atoms with E-state index in [4.69, 9.17) is 34.6 Å². The molecule has 18 aromatic rings. The molecule has 7 nitrogen and oxygen atoms in total. The maximum absolute atomic E-state index is 6.50. The molecule has 0 spiro atoms. The maximum atomic E-state index is 6.50. The largest absolute Gasteiger partial charge is 0.497 e. The van der Waals surface area contributed by atoms with Crippen molar-refractivity contribution in [3.05, 3.63) is 347 Å². The number of hydrogen-bond donors (Lipinski definition) is 0. The first-order valence-corrected chi connectivity index (χ1v) is 39.4. The van der Waals surface area contributed by atoms with Crippen molar-refractivity contribution in [2.75, 3.05) is 7.11 Å². The highest BCUT2D eigenvalue weighted by molar-refractivity contribution is 7.79. The fourth-order valence-electron chi connectivity index (χ4n) is 16.7. The SMILES string of the molecule is COc1ccc2cccc(-c3c(-c4nc5c(-c6ccc(C)cc6)ccc(-c6ccc(C)cc6)c5nc4-c4nc5c(-c6cc(C)cc(C)c6)ccc(-c6cc(C)cc(C)c6)c5nc4-c4nc5c(-c6cc(C)cc(C)c6)ccc(-c6cc(C)cc(C)c6)c5nc4P(c4ccccc4)c4ccccc4)ccc4ccccc34)c2c1. The van der Waals surface area contributed by atoms with E-state index in [1.807, 2.05) is 6.07 Å². The first kappa shape index (κ1) is 69.8. The van der Waals surface area contributed by atoms with Crippen LogP contribution in [0.15, 0.2) is 291 Å². The monoisotopic (exact) mass is 1450 g/mol. The molecule has 18 rings (SSSR count). The Bertz CT molecular complexity index is 6670. The van der Waals surface area contributed by atoms with Crippen LogP contribution in [-0.4, -0.2) is 37.0 Å². The topological polar surface area (TPSA) is 86.6 Å². The van der Waals surface area contributed by atoms with Crippen LogP contribution in [0.2, 0.25) is 0 Å². The van der Waals surface area contributed by atoms with E-state index in [0.717, 1.165) is 199 Å². The molecule has 0 aliphatic carbocycles. The Balaban J connectivity index is 1.11. The number of aryl methyl sites for hydroxylation is 10. The zero-order valence-electron chi connectivity index (χ0n) is 64.3. The molecule has 8 heteroatoms. The highest BCUT2D eigenvalue weighted by atomic mass is 31.1. The molecule has 3 heterocycles. The Morgan fingerprint density at radius 1 is 0.225 bits per heavy atom. The lowest BCUT2D eigenvalue weighted by molar-refractivity contribution is 0.415. The number of hydrogen-bond acceptors (Lipinski definition) is 7. The molecule has 0 N–H and O–H groups in total. The van der Waals surface area contributed by atoms with Crippen molar-refractivity contribution in [3.63, 3.8) is 0 Å². The van der Waals surface area contributed by atoms with Crippen LogP contribution in [0.1, 0.15) is 55.6 Å². The third-order valence-electron chi connectivity index (χ3n) is 21.5. The van der Waals surface area contributed by atoms with Gasteiger partial charge < -0.3 is 4.74 Å². The van der Waals surface area contributed by atoms with Crippen molar-refractivity contribution in [3.8, 4) is 118 Å². The molecular formula is C103H81N6OP. The summed E-state index contributed by atoms with van der Waals surface area (Å²) in [5.74, 6) is 0.755. The molecule has 0 aliphatic heterocycles. The van der Waals surface area contributed by atoms with Crippen LogP contribution in [0.4, 0.5) is 0 Å². The highest BCUT2D eigenvalue weighted by Gasteiger charge is 2.34. The predicted molar refractivity (Wildman–Crippen MR) is 468 cm³/mol. The van der Waals surface area contributed by atoms with E-state index in [1.165, 1.54) is 0 Å². The van der Waals surface area contributed by atoms with Crippen molar-refractivity contribution >= 4 is 78.6 Å². The lowest BCUT2D eigenvalue weighted by atomic mass is 9.87. The highest BCUT2D eigenvalue weighted by Crippen LogP contribution is 2.50. The van der Waals surface area contributed by atoms with E-state index in [2.05, 4.69) is 354 Å². The first-order valence-electron chi connectivity index (χ1n) is 38.1. The summed E-state index contributed by atoms with van der Waals surface area (Å²) in [5, 5.41) is 6.41. The molecule has 0 saturated carbocycles. The summed E-state index contributed by atoms with van der Waals surface area (Å²) in [4.78, 5) is 38.7. The minimum atomic E-state index is -1.58. The van der Waals surface area contributed by atoms with Gasteiger partial charge in [-0.2, -0.15) is 0 Å². The van der Waals surface area contributed by atoms with Gasteiger partial charge >= 0.3 is 0 Å². The Labute approximate surface area is 649 Å². The van der Waals surface area contributed by atoms with Crippen molar-refractivity contribution in [2.24, 2.45) is 0 Å². The molecule has 0 radical (unpaired) electrons. The van der Waals surface area contributed by atoms with E-state index in [-0.39, 0.29) is 0 Å². The van der Waals surface area contributed by atoms with Crippen LogP contribution >= 0.6 is 7.92 Å². The van der Waals surface area contributed by atoms with Gasteiger partial charge in [-0.3, -0.25) is 0 Å². The second kappa shape index (κ2) is 28.6. The van der Waals surface area contributed by atoms with Gasteiger partial charge in [-0.1, -0.05) is 335 Å². The standard InChI is InChI=1S/C103H81N6OP/c1-60-29-33-72(34-30-60)82-41-42-83(73-35-31-61(2)32-36-73)93-92(82)104-98(89-40-38-70-21-18-19-27-81(70)91(89)88-28-20-22-71-37-39-78(110-11)59-90(71)88)99(105-93)100-101(107-95-85(75-53-64(5)48-65(6)54-75)44-43-84(94(95)106-100)74-51-62(3)47-63(4)52-74)102-103(111(79-23-14-12-15-24-79)80-25-16-13-17-26-80)109-97-87(77-57-68(9)50-69(10)58-77)46-45-86(96(97)108-102)76-55-66(7)49-67(8)56-76/h12-59H,1-11H3. The first-order chi connectivity index (χ1) is 54.0. The van der Waals surface area contributed by atoms with Gasteiger partial charge in [0.05, 0.1) is 45.9 Å². The summed E-state index contributed by atoms with van der Waals surface area (Å²) in [6, 6.07) is 106. The van der Waals surface area contributed by atoms with Gasteiger partial charge in [0.25, 0.3) is 0 Å². The molecule has 0 bridgehead atoms. The van der Waals surface area contributed by atoms with Gasteiger partial charge in [-0.15, -0.1) is 0 Å². The molecule has 0 aliphatic rings. The quantitative estimate of drug-likeness (QED) is 0.100. The molecule has 3 aromatic heterocycles. The Kier molecular flexibility index (Phi) is 18.0. The average molecular weight is 1450 g/mol. The smallest absolute Gasteiger partial charge is 0.120 e. The zero-order valence-corrected chi connectivity index (χ0v) is 65.1. The van der Waals surface area contributed by atoms with E-state index < -0.39 is 7.92 Å². The second-order valence-electron chi connectivity index (χ2n) is 30.2. The molecule has 0 atom stereocenters. The van der Waals surface area contributed by atoms with Crippen molar-refractivity contribution in [1.82, 2.24) is 29.9 Å². The third kappa shape index (κ3) is 13.1. The van der Waals surface area contributed by atoms with Crippen LogP contribution in [0, 0.1) is 69.2 Å². The molecule has 0 saturated heterocycles. The van der Waals surface area contributed by atoms with Crippen LogP contribution in [0.5, 0.6) is 5.75 Å². The second-order valence-corrected chi connectivity index (χ2v) is 32.3. The lowest BCUT2D eigenvalue weighted by Gasteiger charge is -2.24. The third-order valence-corrected chi connectivity index (χ3v) is 23.9. The Morgan fingerprint density at radius 2 is 0.559 bits per heavy atom. The van der Waals surface area contributed by atoms with E-state index in [1.54, 1.807) is 7.11 Å². The van der Waals surface area contributed by atoms with E-state index >= 15 is 0 Å². The Hall–Kier alpha value is -12.9. The fraction of sp³-hybridized carbons (Fsp3) is 0.107. The van der Waals surface area contributed by atoms with Gasteiger partial charge in [0.2, 0.25) is 0 Å². The summed E-state index contributed by atoms with van der Waals surface area (Å²) < 4.78 is 6.09. The predicted octanol–water partition coefficient (Wildman–Crippen LogP) is 25.3. The minimum absolute atomic E-state index is 0.494. The van der Waals surface area contributed by atoms with Crippen LogP contribution < -0.4 is 20.8 Å². The molecule has 0 fully saturated rings. The molecule has 111 heavy (non-hydrogen) atoms. The Morgan fingerprint density at radius 3 is 0.991 bits per heavy atom. The van der Waals surface area contributed by atoms with Gasteiger partial charge in [-0.05, 0) is 158 Å². The number of benzene rings is 15. The normalized spacial score (nSPS) is 11.6. The number of rotatable bonds is 14. The summed E-state index contributed by atoms with van der Waals surface area (Å²) >= 11 is 0. The van der Waals surface area contributed by atoms with Crippen LogP contribution in [0.3, 0.4) is 0 Å². The number of methoxy groups -OCH3 is 1. The number of ether oxygens (including phenoxy) is 1. The average Bonchev–Trinajstić information content (AvgIpc) is 0.722. The molecule has 15 aromatic carbocycles. The van der Waals surface area contributed by atoms with Gasteiger partial charge in [0.15, 0.2) is 0 Å². The van der Waals surface area contributed by atoms with Crippen molar-refractivity contribution < 1.29 is 4.74 Å². The van der Waals surface area contributed by atoms with Crippen molar-refractivity contribution in [1.29, 1.82) is 0 Å². The van der Waals surface area contributed by atoms with Gasteiger partial charge in [0.1, 0.15) is 34.0 Å².